The number of ether oxygens (including phenoxy) is 1. The molecule has 31 heavy (non-hydrogen) atoms. The molecule has 0 aromatic heterocycles. The maximum Gasteiger partial charge on any atom is 1.00 e. The maximum absolute atomic E-state index is 10.4. The van der Waals surface area contributed by atoms with E-state index >= 15 is 0 Å². The van der Waals surface area contributed by atoms with Crippen molar-refractivity contribution in [2.75, 3.05) is 5.75 Å². The number of rotatable bonds is 13. The molecular formula is C24H38Na2O4S. The Hall–Kier alpha value is 0.150. The SMILES string of the molecule is CCCCCCCCCCCCS(=O)(=O)O.[H-].[H-].[Na+].[Na+].c1ccc(Oc2ccccc2)cc1. The Balaban J connectivity index is -0.000000229. The van der Waals surface area contributed by atoms with Gasteiger partial charge in [0.2, 0.25) is 0 Å². The molecule has 0 bridgehead atoms. The van der Waals surface area contributed by atoms with Crippen LogP contribution in [0.1, 0.15) is 74.0 Å². The van der Waals surface area contributed by atoms with Gasteiger partial charge in [-0.25, -0.2) is 0 Å². The Labute approximate surface area is 236 Å². The van der Waals surface area contributed by atoms with Gasteiger partial charge in [0.15, 0.2) is 0 Å². The average Bonchev–Trinajstić information content (AvgIpc) is 2.71. The maximum atomic E-state index is 10.4. The van der Waals surface area contributed by atoms with Gasteiger partial charge in [0.1, 0.15) is 11.5 Å². The smallest absolute Gasteiger partial charge is 1.00 e. The quantitative estimate of drug-likeness (QED) is 0.275. The van der Waals surface area contributed by atoms with Crippen molar-refractivity contribution in [2.45, 2.75) is 71.1 Å². The van der Waals surface area contributed by atoms with Crippen molar-refractivity contribution in [1.29, 1.82) is 0 Å². The van der Waals surface area contributed by atoms with Crippen molar-refractivity contribution < 1.29 is 79.7 Å². The van der Waals surface area contributed by atoms with Gasteiger partial charge in [0, 0.05) is 0 Å². The van der Waals surface area contributed by atoms with Crippen molar-refractivity contribution >= 4 is 10.1 Å². The van der Waals surface area contributed by atoms with Crippen LogP contribution < -0.4 is 63.9 Å². The first-order valence-electron chi connectivity index (χ1n) is 10.7. The Morgan fingerprint density at radius 1 is 0.677 bits per heavy atom. The van der Waals surface area contributed by atoms with E-state index in [1.807, 2.05) is 60.7 Å². The molecule has 0 heterocycles. The van der Waals surface area contributed by atoms with E-state index in [2.05, 4.69) is 6.92 Å². The first kappa shape index (κ1) is 33.3. The summed E-state index contributed by atoms with van der Waals surface area (Å²) < 4.78 is 34.9. The number of para-hydroxylation sites is 2. The minimum atomic E-state index is -3.73. The van der Waals surface area contributed by atoms with Crippen LogP contribution >= 0.6 is 0 Å². The minimum absolute atomic E-state index is 0. The second-order valence-electron chi connectivity index (χ2n) is 7.20. The number of benzene rings is 2. The molecule has 0 radical (unpaired) electrons. The third-order valence-electron chi connectivity index (χ3n) is 4.48. The van der Waals surface area contributed by atoms with Crippen LogP contribution in [0.4, 0.5) is 0 Å². The fourth-order valence-electron chi connectivity index (χ4n) is 2.89. The van der Waals surface area contributed by atoms with Gasteiger partial charge in [-0.1, -0.05) is 101 Å². The second kappa shape index (κ2) is 22.0. The van der Waals surface area contributed by atoms with E-state index in [4.69, 9.17) is 9.29 Å². The van der Waals surface area contributed by atoms with Crippen LogP contribution in [0.3, 0.4) is 0 Å². The summed E-state index contributed by atoms with van der Waals surface area (Å²) in [7, 11) is -3.73. The Kier molecular flexibility index (Phi) is 23.6. The van der Waals surface area contributed by atoms with E-state index in [0.717, 1.165) is 24.3 Å². The van der Waals surface area contributed by atoms with E-state index in [-0.39, 0.29) is 67.7 Å². The van der Waals surface area contributed by atoms with Crippen LogP contribution in [0.2, 0.25) is 0 Å². The molecule has 0 aliphatic heterocycles. The van der Waals surface area contributed by atoms with Crippen LogP contribution in [0, 0.1) is 0 Å². The molecule has 0 unspecified atom stereocenters. The second-order valence-corrected chi connectivity index (χ2v) is 8.77. The van der Waals surface area contributed by atoms with Crippen molar-refractivity contribution in [3.8, 4) is 11.5 Å². The van der Waals surface area contributed by atoms with Gasteiger partial charge in [-0.3, -0.25) is 4.55 Å². The molecule has 2 rings (SSSR count). The molecule has 0 saturated carbocycles. The van der Waals surface area contributed by atoms with E-state index in [0.29, 0.717) is 6.42 Å². The summed E-state index contributed by atoms with van der Waals surface area (Å²) in [5, 5.41) is 0. The summed E-state index contributed by atoms with van der Waals surface area (Å²) in [6.45, 7) is 2.22. The third-order valence-corrected chi connectivity index (χ3v) is 5.28. The van der Waals surface area contributed by atoms with E-state index in [1.54, 1.807) is 0 Å². The van der Waals surface area contributed by atoms with Gasteiger partial charge >= 0.3 is 59.1 Å². The summed E-state index contributed by atoms with van der Waals surface area (Å²) in [6.07, 6.45) is 11.7. The molecule has 0 aliphatic carbocycles. The minimum Gasteiger partial charge on any atom is -1.00 e. The summed E-state index contributed by atoms with van der Waals surface area (Å²) in [5.74, 6) is 1.66. The third kappa shape index (κ3) is 21.7. The molecule has 2 aromatic rings. The molecule has 0 atom stereocenters. The Morgan fingerprint density at radius 3 is 1.39 bits per heavy atom. The average molecular weight is 469 g/mol. The zero-order chi connectivity index (χ0) is 21.2. The Morgan fingerprint density at radius 2 is 1.03 bits per heavy atom. The number of hydrogen-bond donors (Lipinski definition) is 1. The van der Waals surface area contributed by atoms with Crippen molar-refractivity contribution in [3.63, 3.8) is 0 Å². The molecule has 166 valence electrons. The first-order valence-corrected chi connectivity index (χ1v) is 12.4. The number of unbranched alkanes of at least 4 members (excludes halogenated alkanes) is 9. The summed E-state index contributed by atoms with van der Waals surface area (Å²) in [5.41, 5.74) is 0. The first-order chi connectivity index (χ1) is 14.0. The molecule has 2 aromatic carbocycles. The monoisotopic (exact) mass is 468 g/mol. The summed E-state index contributed by atoms with van der Waals surface area (Å²) in [4.78, 5) is 0. The van der Waals surface area contributed by atoms with E-state index < -0.39 is 10.1 Å². The van der Waals surface area contributed by atoms with Crippen LogP contribution in [0.25, 0.3) is 0 Å². The molecule has 0 saturated heterocycles. The summed E-state index contributed by atoms with van der Waals surface area (Å²) in [6, 6.07) is 19.5. The molecule has 0 aliphatic rings. The fraction of sp³-hybridized carbons (Fsp3) is 0.500. The van der Waals surface area contributed by atoms with Crippen LogP contribution in [0.15, 0.2) is 60.7 Å². The normalized spacial score (nSPS) is 10.1. The van der Waals surface area contributed by atoms with Gasteiger partial charge < -0.3 is 7.59 Å². The zero-order valence-corrected chi connectivity index (χ0v) is 24.4. The predicted molar refractivity (Wildman–Crippen MR) is 123 cm³/mol. The van der Waals surface area contributed by atoms with Gasteiger partial charge in [0.05, 0.1) is 5.75 Å². The molecule has 7 heteroatoms. The van der Waals surface area contributed by atoms with Crippen LogP contribution in [-0.2, 0) is 10.1 Å². The largest absolute Gasteiger partial charge is 1.00 e. The summed E-state index contributed by atoms with van der Waals surface area (Å²) >= 11 is 0. The van der Waals surface area contributed by atoms with Crippen molar-refractivity contribution in [2.24, 2.45) is 0 Å². The molecule has 1 N–H and O–H groups in total. The van der Waals surface area contributed by atoms with Gasteiger partial charge in [-0.05, 0) is 30.7 Å². The van der Waals surface area contributed by atoms with Gasteiger partial charge in [-0.2, -0.15) is 8.42 Å². The molecule has 4 nitrogen and oxygen atoms in total. The topological polar surface area (TPSA) is 63.6 Å². The standard InChI is InChI=1S/C12H26O3S.C12H10O.2Na.2H/c1-2-3-4-5-6-7-8-9-10-11-12-16(13,14)15;1-3-7-11(8-4-1)13-12-9-5-2-6-10-12;;;;/h2-12H2,1H3,(H,13,14,15);1-10H;;;;/q;;2*+1;2*-1. The van der Waals surface area contributed by atoms with Crippen molar-refractivity contribution in [3.05, 3.63) is 60.7 Å². The van der Waals surface area contributed by atoms with E-state index in [1.165, 1.54) is 44.9 Å². The van der Waals surface area contributed by atoms with Crippen LogP contribution in [-0.4, -0.2) is 18.7 Å². The molecular weight excluding hydrogens is 430 g/mol. The fourth-order valence-corrected chi connectivity index (χ4v) is 3.45. The predicted octanol–water partition coefficient (Wildman–Crippen LogP) is 1.51. The van der Waals surface area contributed by atoms with Crippen molar-refractivity contribution in [1.82, 2.24) is 0 Å². The van der Waals surface area contributed by atoms with E-state index in [9.17, 15) is 8.42 Å². The Bertz CT molecular complexity index is 699. The zero-order valence-electron chi connectivity index (χ0n) is 21.6. The number of hydrogen-bond acceptors (Lipinski definition) is 3. The van der Waals surface area contributed by atoms with Crippen LogP contribution in [0.5, 0.6) is 11.5 Å². The van der Waals surface area contributed by atoms with Gasteiger partial charge in [0.25, 0.3) is 10.1 Å². The molecule has 0 spiro atoms. The van der Waals surface area contributed by atoms with Gasteiger partial charge in [-0.15, -0.1) is 0 Å². The molecule has 0 amide bonds. The molecule has 0 fully saturated rings.